The number of fused-ring (bicyclic) bond motifs is 1. The molecule has 2 aromatic carbocycles. The number of rotatable bonds is 5. The van der Waals surface area contributed by atoms with Crippen LogP contribution in [0.1, 0.15) is 16.1 Å². The highest BCUT2D eigenvalue weighted by Gasteiger charge is 2.21. The molecule has 174 valence electrons. The Kier molecular flexibility index (Phi) is 5.54. The number of anilines is 1. The molecule has 10 heteroatoms. The van der Waals surface area contributed by atoms with Gasteiger partial charge in [-0.25, -0.2) is 14.4 Å². The summed E-state index contributed by atoms with van der Waals surface area (Å²) < 4.78 is 15.2. The number of pyridine rings is 1. The van der Waals surface area contributed by atoms with Crippen molar-refractivity contribution in [2.24, 2.45) is 7.05 Å². The van der Waals surface area contributed by atoms with Crippen molar-refractivity contribution >= 4 is 22.6 Å². The van der Waals surface area contributed by atoms with Gasteiger partial charge in [-0.1, -0.05) is 12.1 Å². The number of carbonyl (C=O) groups is 1. The summed E-state index contributed by atoms with van der Waals surface area (Å²) in [5.74, 6) is -1.37. The Balaban J connectivity index is 1.57. The predicted octanol–water partition coefficient (Wildman–Crippen LogP) is 3.45. The molecule has 4 N–H and O–H groups in total. The first-order valence-electron chi connectivity index (χ1n) is 10.7. The summed E-state index contributed by atoms with van der Waals surface area (Å²) in [4.78, 5) is 26.4. The molecule has 1 amide bonds. The zero-order valence-electron chi connectivity index (χ0n) is 18.6. The summed E-state index contributed by atoms with van der Waals surface area (Å²) in [6, 6.07) is 14.6. The minimum Gasteiger partial charge on any atom is -0.508 e. The summed E-state index contributed by atoms with van der Waals surface area (Å²) in [7, 11) is 1.78. The molecule has 0 atom stereocenters. The fourth-order valence-electron chi connectivity index (χ4n) is 3.71. The first-order valence-corrected chi connectivity index (χ1v) is 10.7. The van der Waals surface area contributed by atoms with Gasteiger partial charge in [-0.2, -0.15) is 5.10 Å². The second kappa shape index (κ2) is 8.82. The van der Waals surface area contributed by atoms with E-state index in [4.69, 9.17) is 5.73 Å². The lowest BCUT2D eigenvalue weighted by Crippen LogP contribution is -2.26. The van der Waals surface area contributed by atoms with Gasteiger partial charge in [0.15, 0.2) is 11.5 Å². The molecule has 5 aromatic rings. The molecule has 3 aromatic heterocycles. The summed E-state index contributed by atoms with van der Waals surface area (Å²) in [6.45, 7) is -0.123. The van der Waals surface area contributed by atoms with Crippen LogP contribution in [0.25, 0.3) is 33.5 Å². The zero-order valence-corrected chi connectivity index (χ0v) is 18.6. The van der Waals surface area contributed by atoms with Crippen LogP contribution in [0, 0.1) is 5.82 Å². The van der Waals surface area contributed by atoms with E-state index in [0.717, 1.165) is 23.0 Å². The Bertz CT molecular complexity index is 1580. The number of halogens is 1. The number of amides is 1. The highest BCUT2D eigenvalue weighted by Crippen LogP contribution is 2.31. The normalized spacial score (nSPS) is 11.0. The maximum absolute atomic E-state index is 13.5. The highest BCUT2D eigenvalue weighted by atomic mass is 19.1. The summed E-state index contributed by atoms with van der Waals surface area (Å²) >= 11 is 0. The number of benzene rings is 2. The molecule has 3 heterocycles. The number of carbonyl (C=O) groups excluding carboxylic acids is 1. The van der Waals surface area contributed by atoms with E-state index in [1.807, 2.05) is 30.3 Å². The number of phenols is 1. The second-order valence-corrected chi connectivity index (χ2v) is 7.90. The fourth-order valence-corrected chi connectivity index (χ4v) is 3.71. The molecule has 0 spiro atoms. The molecular weight excluding hydrogens is 449 g/mol. The third-order valence-corrected chi connectivity index (χ3v) is 5.45. The number of hydrogen-bond acceptors (Lipinski definition) is 7. The van der Waals surface area contributed by atoms with Crippen LogP contribution >= 0.6 is 0 Å². The van der Waals surface area contributed by atoms with Gasteiger partial charge >= 0.3 is 0 Å². The monoisotopic (exact) mass is 469 g/mol. The number of phenolic OH excluding ortho intramolecular Hbond substituents is 1. The molecule has 0 aliphatic carbocycles. The molecule has 0 saturated heterocycles. The average molecular weight is 469 g/mol. The molecule has 0 aliphatic heterocycles. The lowest BCUT2D eigenvalue weighted by Gasteiger charge is -2.13. The van der Waals surface area contributed by atoms with Crippen LogP contribution in [0.4, 0.5) is 10.2 Å². The Morgan fingerprint density at radius 1 is 1.11 bits per heavy atom. The summed E-state index contributed by atoms with van der Waals surface area (Å²) in [5, 5.41) is 17.9. The fraction of sp³-hybridized carbons (Fsp3) is 0.0800. The van der Waals surface area contributed by atoms with Gasteiger partial charge < -0.3 is 16.2 Å². The number of nitrogens with zero attached hydrogens (tertiary/aromatic N) is 5. The molecule has 9 nitrogen and oxygen atoms in total. The van der Waals surface area contributed by atoms with Crippen LogP contribution < -0.4 is 11.1 Å². The zero-order chi connectivity index (χ0) is 24.5. The summed E-state index contributed by atoms with van der Waals surface area (Å²) in [6.07, 6.45) is 3.48. The van der Waals surface area contributed by atoms with E-state index in [0.29, 0.717) is 22.6 Å². The maximum Gasteiger partial charge on any atom is 0.274 e. The number of nitrogens with two attached hydrogens (primary N) is 1. The topological polar surface area (TPSA) is 132 Å². The van der Waals surface area contributed by atoms with Crippen LogP contribution in [0.5, 0.6) is 5.75 Å². The molecule has 0 radical (unpaired) electrons. The lowest BCUT2D eigenvalue weighted by molar-refractivity contribution is 0.0946. The quantitative estimate of drug-likeness (QED) is 0.359. The van der Waals surface area contributed by atoms with Crippen LogP contribution in [0.3, 0.4) is 0 Å². The minimum absolute atomic E-state index is 0.0853. The van der Waals surface area contributed by atoms with Crippen LogP contribution in [-0.2, 0) is 13.6 Å². The standard InChI is InChI=1S/C25H20FN7O2/c1-33-10-8-19(32-33)22-21(15-4-6-18-14(11-15)3-2-9-28-18)30-23(24(27)31-22)25(35)29-13-16-12-17(26)5-7-20(16)34/h2-12,34H,13H2,1H3,(H2,27,31)(H,29,35). The van der Waals surface area contributed by atoms with Crippen LogP contribution in [0.15, 0.2) is 67.0 Å². The van der Waals surface area contributed by atoms with E-state index >= 15 is 0 Å². The van der Waals surface area contributed by atoms with E-state index in [9.17, 15) is 14.3 Å². The molecule has 0 bridgehead atoms. The van der Waals surface area contributed by atoms with Gasteiger partial charge in [0.1, 0.15) is 23.0 Å². The smallest absolute Gasteiger partial charge is 0.274 e. The van der Waals surface area contributed by atoms with E-state index < -0.39 is 11.7 Å². The van der Waals surface area contributed by atoms with Crippen molar-refractivity contribution in [2.75, 3.05) is 5.73 Å². The lowest BCUT2D eigenvalue weighted by atomic mass is 10.0. The number of aryl methyl sites for hydroxylation is 1. The van der Waals surface area contributed by atoms with Gasteiger partial charge in [0, 0.05) is 42.5 Å². The van der Waals surface area contributed by atoms with Crippen molar-refractivity contribution in [3.05, 3.63) is 84.1 Å². The van der Waals surface area contributed by atoms with Crippen molar-refractivity contribution in [3.63, 3.8) is 0 Å². The number of aromatic nitrogens is 5. The Labute approximate surface area is 199 Å². The van der Waals surface area contributed by atoms with Gasteiger partial charge in [0.2, 0.25) is 0 Å². The van der Waals surface area contributed by atoms with Gasteiger partial charge in [-0.3, -0.25) is 14.5 Å². The Morgan fingerprint density at radius 2 is 1.97 bits per heavy atom. The SMILES string of the molecule is Cn1ccc(-c2nc(N)c(C(=O)NCc3cc(F)ccc3O)nc2-c2ccc3ncccc3c2)n1. The van der Waals surface area contributed by atoms with Gasteiger partial charge in [-0.15, -0.1) is 0 Å². The molecule has 0 saturated carbocycles. The largest absolute Gasteiger partial charge is 0.508 e. The number of nitrogens with one attached hydrogen (secondary N) is 1. The highest BCUT2D eigenvalue weighted by molar-refractivity contribution is 5.98. The van der Waals surface area contributed by atoms with Crippen molar-refractivity contribution in [1.29, 1.82) is 0 Å². The average Bonchev–Trinajstić information content (AvgIpc) is 3.30. The number of aromatic hydroxyl groups is 1. The molecule has 5 rings (SSSR count). The van der Waals surface area contributed by atoms with Gasteiger partial charge in [0.05, 0.1) is 11.2 Å². The van der Waals surface area contributed by atoms with E-state index in [-0.39, 0.29) is 29.4 Å². The van der Waals surface area contributed by atoms with Crippen molar-refractivity contribution in [3.8, 4) is 28.4 Å². The van der Waals surface area contributed by atoms with Crippen LogP contribution in [-0.4, -0.2) is 35.7 Å². The molecule has 0 fully saturated rings. The predicted molar refractivity (Wildman–Crippen MR) is 129 cm³/mol. The first kappa shape index (κ1) is 22.0. The van der Waals surface area contributed by atoms with E-state index in [1.54, 1.807) is 30.2 Å². The van der Waals surface area contributed by atoms with Crippen molar-refractivity contribution in [1.82, 2.24) is 30.0 Å². The van der Waals surface area contributed by atoms with E-state index in [1.165, 1.54) is 6.07 Å². The molecule has 35 heavy (non-hydrogen) atoms. The van der Waals surface area contributed by atoms with Gasteiger partial charge in [0.25, 0.3) is 5.91 Å². The summed E-state index contributed by atoms with van der Waals surface area (Å²) in [5.41, 5.74) is 9.17. The first-order chi connectivity index (χ1) is 16.9. The van der Waals surface area contributed by atoms with Gasteiger partial charge in [-0.05, 0) is 42.5 Å². The maximum atomic E-state index is 13.5. The molecule has 0 aliphatic rings. The van der Waals surface area contributed by atoms with E-state index in [2.05, 4.69) is 25.4 Å². The number of nitrogen functional groups attached to an aromatic ring is 1. The van der Waals surface area contributed by atoms with Crippen LogP contribution in [0.2, 0.25) is 0 Å². The van der Waals surface area contributed by atoms with Crippen molar-refractivity contribution in [2.45, 2.75) is 6.54 Å². The molecule has 0 unspecified atom stereocenters. The number of hydrogen-bond donors (Lipinski definition) is 3. The second-order valence-electron chi connectivity index (χ2n) is 7.90. The third kappa shape index (κ3) is 4.36. The van der Waals surface area contributed by atoms with Crippen molar-refractivity contribution < 1.29 is 14.3 Å². The minimum atomic E-state index is -0.616. The molecular formula is C25H20FN7O2. The Hall–Kier alpha value is -4.86. The third-order valence-electron chi connectivity index (χ3n) is 5.45. The Morgan fingerprint density at radius 3 is 2.77 bits per heavy atom.